The molecule has 0 aromatic carbocycles. The highest BCUT2D eigenvalue weighted by Crippen LogP contribution is 2.50. The number of fused-ring (bicyclic) bond motifs is 1. The Morgan fingerprint density at radius 2 is 2.05 bits per heavy atom. The molecule has 0 radical (unpaired) electrons. The number of nitrogens with zero attached hydrogens (tertiary/aromatic N) is 2. The van der Waals surface area contributed by atoms with Gasteiger partial charge in [0.15, 0.2) is 0 Å². The molecule has 0 bridgehead atoms. The van der Waals surface area contributed by atoms with Crippen LogP contribution in [-0.2, 0) is 4.79 Å². The predicted molar refractivity (Wildman–Crippen MR) is 75.8 cm³/mol. The van der Waals surface area contributed by atoms with Crippen LogP contribution in [0.4, 0.5) is 19.0 Å². The molecule has 1 amide bonds. The van der Waals surface area contributed by atoms with Crippen LogP contribution in [0, 0.1) is 11.8 Å². The van der Waals surface area contributed by atoms with Crippen LogP contribution in [0.1, 0.15) is 6.42 Å². The van der Waals surface area contributed by atoms with Crippen LogP contribution in [0.25, 0.3) is 10.8 Å². The van der Waals surface area contributed by atoms with Crippen LogP contribution < -0.4 is 5.32 Å². The van der Waals surface area contributed by atoms with Gasteiger partial charge in [0, 0.05) is 11.6 Å². The quantitative estimate of drug-likeness (QED) is 0.831. The first-order valence-electron chi connectivity index (χ1n) is 6.25. The van der Waals surface area contributed by atoms with Crippen molar-refractivity contribution in [1.82, 2.24) is 9.97 Å². The number of aromatic nitrogens is 2. The number of hydrogen-bond donors (Lipinski definition) is 1. The lowest BCUT2D eigenvalue weighted by Gasteiger charge is -2.07. The fraction of sp³-hybridized carbons (Fsp3) is 0.308. The number of rotatable bonds is 2. The van der Waals surface area contributed by atoms with Gasteiger partial charge >= 0.3 is 6.18 Å². The SMILES string of the molecule is O=C(Nc1cc2cc(Cl)nc(Cl)c2cn1)[C@H]1C[C@@H]1C(F)(F)F. The number of halogens is 5. The zero-order valence-electron chi connectivity index (χ0n) is 10.8. The van der Waals surface area contributed by atoms with Crippen molar-refractivity contribution in [2.75, 3.05) is 5.32 Å². The lowest BCUT2D eigenvalue weighted by molar-refractivity contribution is -0.153. The molecule has 1 N–H and O–H groups in total. The largest absolute Gasteiger partial charge is 0.392 e. The molecule has 1 aliphatic rings. The smallest absolute Gasteiger partial charge is 0.310 e. The van der Waals surface area contributed by atoms with E-state index < -0.39 is 23.9 Å². The Hall–Kier alpha value is -1.60. The zero-order chi connectivity index (χ0) is 16.1. The summed E-state index contributed by atoms with van der Waals surface area (Å²) < 4.78 is 37.4. The van der Waals surface area contributed by atoms with Crippen molar-refractivity contribution < 1.29 is 18.0 Å². The number of carbonyl (C=O) groups is 1. The van der Waals surface area contributed by atoms with Crippen LogP contribution in [0.2, 0.25) is 10.3 Å². The van der Waals surface area contributed by atoms with E-state index in [1.807, 2.05) is 0 Å². The van der Waals surface area contributed by atoms with Gasteiger partial charge < -0.3 is 5.32 Å². The second-order valence-electron chi connectivity index (χ2n) is 5.01. The van der Waals surface area contributed by atoms with E-state index in [9.17, 15) is 18.0 Å². The van der Waals surface area contributed by atoms with Gasteiger partial charge in [-0.3, -0.25) is 4.79 Å². The highest BCUT2D eigenvalue weighted by atomic mass is 35.5. The maximum atomic E-state index is 12.5. The zero-order valence-corrected chi connectivity index (χ0v) is 12.3. The van der Waals surface area contributed by atoms with E-state index in [2.05, 4.69) is 15.3 Å². The van der Waals surface area contributed by atoms with E-state index in [0.717, 1.165) is 0 Å². The molecule has 2 atom stereocenters. The second-order valence-corrected chi connectivity index (χ2v) is 5.75. The van der Waals surface area contributed by atoms with E-state index >= 15 is 0 Å². The summed E-state index contributed by atoms with van der Waals surface area (Å²) in [6, 6.07) is 3.01. The summed E-state index contributed by atoms with van der Waals surface area (Å²) >= 11 is 11.7. The van der Waals surface area contributed by atoms with E-state index in [1.54, 1.807) is 0 Å². The molecule has 4 nitrogen and oxygen atoms in total. The topological polar surface area (TPSA) is 54.9 Å². The molecule has 22 heavy (non-hydrogen) atoms. The highest BCUT2D eigenvalue weighted by Gasteiger charge is 2.58. The molecular formula is C13H8Cl2F3N3O. The summed E-state index contributed by atoms with van der Waals surface area (Å²) in [7, 11) is 0. The summed E-state index contributed by atoms with van der Waals surface area (Å²) in [4.78, 5) is 19.6. The third-order valence-electron chi connectivity index (χ3n) is 3.44. The number of hydrogen-bond acceptors (Lipinski definition) is 3. The van der Waals surface area contributed by atoms with Crippen LogP contribution >= 0.6 is 23.2 Å². The van der Waals surface area contributed by atoms with E-state index in [0.29, 0.717) is 10.8 Å². The number of alkyl halides is 3. The van der Waals surface area contributed by atoms with Gasteiger partial charge in [-0.2, -0.15) is 13.2 Å². The third-order valence-corrected chi connectivity index (χ3v) is 3.92. The number of nitrogens with one attached hydrogen (secondary N) is 1. The molecule has 2 aromatic heterocycles. The van der Waals surface area contributed by atoms with Gasteiger partial charge in [-0.25, -0.2) is 9.97 Å². The third kappa shape index (κ3) is 2.96. The minimum Gasteiger partial charge on any atom is -0.310 e. The van der Waals surface area contributed by atoms with Crippen molar-refractivity contribution in [3.8, 4) is 0 Å². The van der Waals surface area contributed by atoms with Crippen molar-refractivity contribution in [3.05, 3.63) is 28.6 Å². The summed E-state index contributed by atoms with van der Waals surface area (Å²) in [5.41, 5.74) is 0. The number of carbonyl (C=O) groups excluding carboxylic acids is 1. The van der Waals surface area contributed by atoms with Gasteiger partial charge in [-0.15, -0.1) is 0 Å². The molecule has 9 heteroatoms. The monoisotopic (exact) mass is 349 g/mol. The van der Waals surface area contributed by atoms with Crippen LogP contribution in [0.5, 0.6) is 0 Å². The van der Waals surface area contributed by atoms with Gasteiger partial charge in [-0.05, 0) is 23.9 Å². The molecule has 1 saturated carbocycles. The minimum absolute atomic E-state index is 0.142. The fourth-order valence-electron chi connectivity index (χ4n) is 2.21. The molecule has 0 saturated heterocycles. The average molecular weight is 350 g/mol. The van der Waals surface area contributed by atoms with E-state index in [4.69, 9.17) is 23.2 Å². The second kappa shape index (κ2) is 5.24. The lowest BCUT2D eigenvalue weighted by Crippen LogP contribution is -2.20. The average Bonchev–Trinajstić information content (AvgIpc) is 3.17. The summed E-state index contributed by atoms with van der Waals surface area (Å²) in [5.74, 6) is -3.17. The predicted octanol–water partition coefficient (Wildman–Crippen LogP) is 4.07. The molecule has 0 unspecified atom stereocenters. The molecule has 1 aliphatic carbocycles. The normalized spacial score (nSPS) is 21.0. The first-order chi connectivity index (χ1) is 10.3. The standard InChI is InChI=1S/C13H8Cl2F3N3O/c14-9-1-5-2-10(19-4-7(5)11(15)20-9)21-12(22)6-3-8(6)13(16,17)18/h1-2,4,6,8H,3H2,(H,19,21,22)/t6-,8-/m0/s1. The van der Waals surface area contributed by atoms with Crippen molar-refractivity contribution >= 4 is 45.7 Å². The Balaban J connectivity index is 1.79. The Morgan fingerprint density at radius 3 is 2.68 bits per heavy atom. The number of pyridine rings is 2. The summed E-state index contributed by atoms with van der Waals surface area (Å²) in [5, 5.41) is 3.82. The van der Waals surface area contributed by atoms with Gasteiger partial charge in [0.1, 0.15) is 16.1 Å². The molecule has 0 aliphatic heterocycles. The maximum absolute atomic E-state index is 12.5. The Labute approximate surface area is 132 Å². The molecule has 2 heterocycles. The first-order valence-corrected chi connectivity index (χ1v) is 7.00. The first kappa shape index (κ1) is 15.3. The number of amides is 1. The molecule has 1 fully saturated rings. The molecular weight excluding hydrogens is 342 g/mol. The fourth-order valence-corrected chi connectivity index (χ4v) is 2.71. The molecule has 0 spiro atoms. The van der Waals surface area contributed by atoms with E-state index in [1.165, 1.54) is 18.3 Å². The Morgan fingerprint density at radius 1 is 1.32 bits per heavy atom. The van der Waals surface area contributed by atoms with Crippen molar-refractivity contribution in [3.63, 3.8) is 0 Å². The van der Waals surface area contributed by atoms with Crippen LogP contribution in [-0.4, -0.2) is 22.1 Å². The highest BCUT2D eigenvalue weighted by molar-refractivity contribution is 6.36. The number of anilines is 1. The molecule has 3 rings (SSSR count). The maximum Gasteiger partial charge on any atom is 0.392 e. The van der Waals surface area contributed by atoms with Crippen LogP contribution in [0.15, 0.2) is 18.3 Å². The summed E-state index contributed by atoms with van der Waals surface area (Å²) in [6.45, 7) is 0. The van der Waals surface area contributed by atoms with Gasteiger partial charge in [0.2, 0.25) is 5.91 Å². The summed E-state index contributed by atoms with van der Waals surface area (Å²) in [6.07, 6.45) is -3.15. The van der Waals surface area contributed by atoms with Crippen molar-refractivity contribution in [2.45, 2.75) is 12.6 Å². The Bertz CT molecular complexity index is 766. The minimum atomic E-state index is -4.34. The van der Waals surface area contributed by atoms with Crippen molar-refractivity contribution in [1.29, 1.82) is 0 Å². The molecule has 116 valence electrons. The van der Waals surface area contributed by atoms with Gasteiger partial charge in [0.05, 0.1) is 11.8 Å². The van der Waals surface area contributed by atoms with Gasteiger partial charge in [-0.1, -0.05) is 23.2 Å². The molecule has 2 aromatic rings. The lowest BCUT2D eigenvalue weighted by atomic mass is 10.2. The van der Waals surface area contributed by atoms with Crippen LogP contribution in [0.3, 0.4) is 0 Å². The van der Waals surface area contributed by atoms with Crippen molar-refractivity contribution in [2.24, 2.45) is 11.8 Å². The van der Waals surface area contributed by atoms with E-state index in [-0.39, 0.29) is 22.5 Å². The Kier molecular flexibility index (Phi) is 3.65. The van der Waals surface area contributed by atoms with Gasteiger partial charge in [0.25, 0.3) is 0 Å².